The number of hydrogen-bond donors (Lipinski definition) is 0. The molecule has 5 rings (SSSR count). The Balaban J connectivity index is 1.61. The second-order valence-electron chi connectivity index (χ2n) is 11.0. The Labute approximate surface area is 298 Å². The van der Waals surface area contributed by atoms with Crippen LogP contribution in [0.4, 0.5) is 17.6 Å². The third kappa shape index (κ3) is 8.54. The van der Waals surface area contributed by atoms with Gasteiger partial charge in [-0.25, -0.2) is 4.39 Å². The molecule has 0 unspecified atom stereocenters. The molecule has 0 N–H and O–H groups in total. The largest absolute Gasteiger partial charge is 0.416 e. The number of carbonyl (C=O) groups excluding carboxylic acids is 1. The lowest BCUT2D eigenvalue weighted by Crippen LogP contribution is -2.40. The molecule has 3 aromatic carbocycles. The first kappa shape index (κ1) is 23.4. The van der Waals surface area contributed by atoms with Gasteiger partial charge in [0.2, 0.25) is 5.91 Å². The normalized spacial score (nSPS) is 16.7. The van der Waals surface area contributed by atoms with E-state index in [4.69, 9.17) is 15.1 Å². The summed E-state index contributed by atoms with van der Waals surface area (Å²) in [5, 5.41) is 0.185. The molecule has 0 aliphatic heterocycles. The van der Waals surface area contributed by atoms with Crippen molar-refractivity contribution in [3.05, 3.63) is 116 Å². The van der Waals surface area contributed by atoms with Gasteiger partial charge in [-0.2, -0.15) is 18.2 Å². The van der Waals surface area contributed by atoms with Gasteiger partial charge in [-0.15, -0.1) is 0 Å². The van der Waals surface area contributed by atoms with Gasteiger partial charge in [0.25, 0.3) is 5.56 Å². The molecule has 1 aliphatic carbocycles. The van der Waals surface area contributed by atoms with E-state index in [1.54, 1.807) is 16.7 Å². The molecule has 6 nitrogen and oxygen atoms in total. The second-order valence-corrected chi connectivity index (χ2v) is 11.9. The molecule has 1 heterocycles. The van der Waals surface area contributed by atoms with Gasteiger partial charge in [0.1, 0.15) is 12.4 Å². The van der Waals surface area contributed by atoms with Gasteiger partial charge in [-0.1, -0.05) is 68.0 Å². The molecule has 1 aromatic heterocycles. The summed E-state index contributed by atoms with van der Waals surface area (Å²) in [6.07, 6.45) is -3.79. The highest BCUT2D eigenvalue weighted by Gasteiger charge is 2.30. The van der Waals surface area contributed by atoms with Gasteiger partial charge in [0, 0.05) is 42.1 Å². The number of likely N-dealkylation sites (N-methyl/N-ethyl adjacent to an activating group) is 1. The molecular weight excluding hydrogens is 640 g/mol. The summed E-state index contributed by atoms with van der Waals surface area (Å²) < 4.78 is 149. The number of hydrogen-bond acceptors (Lipinski definition) is 5. The average Bonchev–Trinajstić information content (AvgIpc) is 3.63. The zero-order valence-corrected chi connectivity index (χ0v) is 27.3. The van der Waals surface area contributed by atoms with Crippen molar-refractivity contribution in [3.63, 3.8) is 0 Å². The second kappa shape index (κ2) is 15.5. The third-order valence-electron chi connectivity index (χ3n) is 7.87. The molecule has 0 fully saturated rings. The van der Waals surface area contributed by atoms with Crippen LogP contribution < -0.4 is 5.56 Å². The van der Waals surface area contributed by atoms with Crippen LogP contribution in [0.25, 0.3) is 11.1 Å². The maximum absolute atomic E-state index is 14.5. The van der Waals surface area contributed by atoms with Crippen molar-refractivity contribution in [2.24, 2.45) is 0 Å². The number of nitrogens with zero attached hydrogens (tertiary/aromatic N) is 4. The van der Waals surface area contributed by atoms with Gasteiger partial charge in [-0.3, -0.25) is 9.59 Å². The fourth-order valence-corrected chi connectivity index (χ4v) is 6.22. The molecule has 0 saturated heterocycles. The maximum Gasteiger partial charge on any atom is 0.416 e. The molecule has 0 spiro atoms. The minimum absolute atomic E-state index is 0.0782. The molecule has 0 radical (unpaired) electrons. The lowest BCUT2D eigenvalue weighted by Gasteiger charge is -2.28. The fraction of sp³-hybridized carbons (Fsp3) is 0.378. The highest BCUT2D eigenvalue weighted by Crippen LogP contribution is 2.32. The van der Waals surface area contributed by atoms with Crippen molar-refractivity contribution in [2.75, 3.05) is 26.1 Å². The summed E-state index contributed by atoms with van der Waals surface area (Å²) in [5.74, 6) is -0.848. The van der Waals surface area contributed by atoms with E-state index in [9.17, 15) is 27.2 Å². The lowest BCUT2D eigenvalue weighted by molar-refractivity contribution is -0.137. The Hall–Kier alpha value is -3.96. The number of aromatic nitrogens is 2. The SMILES string of the molecule is [2H]c1c([2H])c(-c2c([2H])c([2H])c(C(F)(F)F)c([2H])c2[2H])c([2H])c(C)c1CN(CCN(C([2H])([2H])C)C([2H])([2H])C)C(=O)Cn1c(SCc2ccc(F)cc2)nc(=O)c2c1CCC2. The quantitative estimate of drug-likeness (QED) is 0.0825. The predicted octanol–water partition coefficient (Wildman–Crippen LogP) is 7.53. The van der Waals surface area contributed by atoms with Crippen LogP contribution >= 0.6 is 11.8 Å². The first-order valence-corrected chi connectivity index (χ1v) is 16.1. The van der Waals surface area contributed by atoms with E-state index in [1.165, 1.54) is 24.0 Å². The Bertz CT molecular complexity index is 2280. The Kier molecular flexibility index (Phi) is 7.56. The molecule has 48 heavy (non-hydrogen) atoms. The van der Waals surface area contributed by atoms with Crippen molar-refractivity contribution < 1.29 is 37.4 Å². The van der Waals surface area contributed by atoms with Crippen molar-refractivity contribution in [1.82, 2.24) is 19.4 Å². The van der Waals surface area contributed by atoms with Crippen LogP contribution in [0.2, 0.25) is 0 Å². The molecular formula is C37H40F4N4O2S. The molecule has 254 valence electrons. The topological polar surface area (TPSA) is 58.4 Å². The van der Waals surface area contributed by atoms with Gasteiger partial charge in [0.05, 0.1) is 15.2 Å². The van der Waals surface area contributed by atoms with E-state index in [-0.39, 0.29) is 35.1 Å². The summed E-state index contributed by atoms with van der Waals surface area (Å²) in [7, 11) is 0. The van der Waals surface area contributed by atoms with Crippen LogP contribution in [-0.2, 0) is 42.7 Å². The van der Waals surface area contributed by atoms with Gasteiger partial charge < -0.3 is 14.4 Å². The zero-order chi connectivity index (χ0) is 44.1. The van der Waals surface area contributed by atoms with Crippen LogP contribution in [0.15, 0.2) is 76.5 Å². The summed E-state index contributed by atoms with van der Waals surface area (Å²) in [6, 6.07) is -1.58. The monoisotopic (exact) mass is 691 g/mol. The summed E-state index contributed by atoms with van der Waals surface area (Å²) in [6.45, 7) is -2.53. The molecule has 0 saturated carbocycles. The predicted molar refractivity (Wildman–Crippen MR) is 181 cm³/mol. The zero-order valence-electron chi connectivity index (χ0n) is 37.5. The van der Waals surface area contributed by atoms with Gasteiger partial charge >= 0.3 is 6.18 Å². The first-order valence-electron chi connectivity index (χ1n) is 20.6. The summed E-state index contributed by atoms with van der Waals surface area (Å²) in [4.78, 5) is 33.9. The number of carbonyl (C=O) groups is 1. The van der Waals surface area contributed by atoms with Crippen molar-refractivity contribution in [1.29, 1.82) is 0 Å². The lowest BCUT2D eigenvalue weighted by atomic mass is 9.98. The van der Waals surface area contributed by atoms with E-state index in [0.717, 1.165) is 30.5 Å². The van der Waals surface area contributed by atoms with Crippen LogP contribution in [0.3, 0.4) is 0 Å². The first-order chi connectivity index (χ1) is 27.2. The average molecular weight is 692 g/mol. The molecule has 11 heteroatoms. The van der Waals surface area contributed by atoms with Gasteiger partial charge in [-0.05, 0) is 91.2 Å². The van der Waals surface area contributed by atoms with E-state index < -0.39 is 109 Å². The van der Waals surface area contributed by atoms with E-state index in [1.807, 2.05) is 0 Å². The Morgan fingerprint density at radius 2 is 1.71 bits per heavy atom. The Morgan fingerprint density at radius 1 is 1.02 bits per heavy atom. The Morgan fingerprint density at radius 3 is 2.38 bits per heavy atom. The number of thioether (sulfide) groups is 1. The number of rotatable bonds is 13. The van der Waals surface area contributed by atoms with Crippen molar-refractivity contribution in [2.45, 2.75) is 70.2 Å². The van der Waals surface area contributed by atoms with E-state index in [2.05, 4.69) is 4.98 Å². The number of alkyl halides is 3. The van der Waals surface area contributed by atoms with Crippen LogP contribution in [0, 0.1) is 12.7 Å². The van der Waals surface area contributed by atoms with Crippen LogP contribution in [0.5, 0.6) is 0 Å². The van der Waals surface area contributed by atoms with Crippen molar-refractivity contribution >= 4 is 17.7 Å². The highest BCUT2D eigenvalue weighted by atomic mass is 32.2. The molecule has 1 amide bonds. The van der Waals surface area contributed by atoms with Crippen LogP contribution in [-0.4, -0.2) is 51.3 Å². The van der Waals surface area contributed by atoms with Gasteiger partial charge in [0.15, 0.2) is 5.16 Å². The smallest absolute Gasteiger partial charge is 0.336 e. The number of benzene rings is 3. The number of fused-ring (bicyclic) bond motifs is 1. The minimum atomic E-state index is -5.25. The molecule has 0 atom stereocenters. The minimum Gasteiger partial charge on any atom is -0.336 e. The van der Waals surface area contributed by atoms with E-state index in [0.29, 0.717) is 36.1 Å². The third-order valence-corrected chi connectivity index (χ3v) is 8.92. The number of halogens is 4. The van der Waals surface area contributed by atoms with Crippen molar-refractivity contribution in [3.8, 4) is 11.1 Å². The molecule has 4 aromatic rings. The highest BCUT2D eigenvalue weighted by molar-refractivity contribution is 7.98. The van der Waals surface area contributed by atoms with Crippen LogP contribution in [0.1, 0.15) is 68.9 Å². The van der Waals surface area contributed by atoms with E-state index >= 15 is 0 Å². The standard InChI is InChI=1S/C37H40F4N4O2S/c1-4-43(5-2)19-20-44(22-29-12-11-28(21-25(29)3)27-13-15-30(16-14-27)37(39,40)41)34(46)23-45-33-8-6-7-32(33)35(47)42-36(45)48-24-26-9-17-31(38)18-10-26/h9-18,21H,4-8,19-20,22-24H2,1-3H3/i4D2,5D2,11D,12D,13D,14D,15D,16D,21D. The molecule has 1 aliphatic rings. The number of amides is 1. The summed E-state index contributed by atoms with van der Waals surface area (Å²) >= 11 is 1.14. The molecule has 0 bridgehead atoms. The fourth-order valence-electron chi connectivity index (χ4n) is 5.25. The summed E-state index contributed by atoms with van der Waals surface area (Å²) in [5.41, 5.74) is -2.17. The maximum atomic E-state index is 14.5.